The number of unbranched alkanes of at least 4 members (excludes halogenated alkanes) is 3. The summed E-state index contributed by atoms with van der Waals surface area (Å²) in [6, 6.07) is 19.0. The van der Waals surface area contributed by atoms with Gasteiger partial charge in [-0.1, -0.05) is 62.6 Å². The summed E-state index contributed by atoms with van der Waals surface area (Å²) in [6.07, 6.45) is -1.41. The van der Waals surface area contributed by atoms with Gasteiger partial charge in [0.25, 0.3) is 5.91 Å². The molecule has 3 aromatic rings. The van der Waals surface area contributed by atoms with Crippen LogP contribution in [0.25, 0.3) is 11.1 Å². The summed E-state index contributed by atoms with van der Waals surface area (Å²) in [5.74, 6) is -1.31. The van der Waals surface area contributed by atoms with E-state index in [2.05, 4.69) is 12.2 Å². The molecule has 1 amide bonds. The lowest BCUT2D eigenvalue weighted by atomic mass is 10.0. The number of hydrogen-bond acceptors (Lipinski definition) is 4. The zero-order valence-electron chi connectivity index (χ0n) is 21.6. The number of amides is 1. The molecule has 0 aliphatic heterocycles. The van der Waals surface area contributed by atoms with E-state index >= 15 is 0 Å². The molecule has 0 aliphatic rings. The first-order chi connectivity index (χ1) is 18.6. The fourth-order valence-corrected chi connectivity index (χ4v) is 4.02. The number of ether oxygens (including phenoxy) is 1. The van der Waals surface area contributed by atoms with Crippen molar-refractivity contribution in [3.63, 3.8) is 0 Å². The minimum atomic E-state index is -4.38. The second-order valence-electron chi connectivity index (χ2n) is 9.24. The molecular formula is C30H32F3NO5. The highest BCUT2D eigenvalue weighted by Crippen LogP contribution is 2.32. The van der Waals surface area contributed by atoms with Crippen LogP contribution in [0.2, 0.25) is 0 Å². The van der Waals surface area contributed by atoms with Gasteiger partial charge < -0.3 is 20.3 Å². The van der Waals surface area contributed by atoms with Gasteiger partial charge in [-0.15, -0.1) is 0 Å². The fraction of sp³-hybridized carbons (Fsp3) is 0.333. The van der Waals surface area contributed by atoms with Gasteiger partial charge in [-0.2, -0.15) is 13.2 Å². The predicted molar refractivity (Wildman–Crippen MR) is 141 cm³/mol. The van der Waals surface area contributed by atoms with Crippen molar-refractivity contribution in [1.29, 1.82) is 0 Å². The maximum atomic E-state index is 12.9. The van der Waals surface area contributed by atoms with Gasteiger partial charge >= 0.3 is 12.1 Å². The van der Waals surface area contributed by atoms with E-state index in [0.717, 1.165) is 55.4 Å². The van der Waals surface area contributed by atoms with E-state index in [1.54, 1.807) is 48.5 Å². The topological polar surface area (TPSA) is 95.9 Å². The Kier molecular flexibility index (Phi) is 10.5. The Hall–Kier alpha value is -3.85. The molecule has 0 fully saturated rings. The Bertz CT molecular complexity index is 1210. The van der Waals surface area contributed by atoms with Gasteiger partial charge in [-0.3, -0.25) is 4.79 Å². The number of hydrogen-bond donors (Lipinski definition) is 3. The van der Waals surface area contributed by atoms with Crippen LogP contribution in [0.3, 0.4) is 0 Å². The van der Waals surface area contributed by atoms with Crippen molar-refractivity contribution in [1.82, 2.24) is 5.32 Å². The maximum Gasteiger partial charge on any atom is 0.416 e. The average Bonchev–Trinajstić information content (AvgIpc) is 2.93. The summed E-state index contributed by atoms with van der Waals surface area (Å²) in [5, 5.41) is 20.5. The van der Waals surface area contributed by atoms with Crippen LogP contribution >= 0.6 is 0 Å². The van der Waals surface area contributed by atoms with Gasteiger partial charge in [0.2, 0.25) is 0 Å². The summed E-state index contributed by atoms with van der Waals surface area (Å²) in [4.78, 5) is 23.0. The Labute approximate surface area is 225 Å². The molecule has 0 heterocycles. The van der Waals surface area contributed by atoms with Crippen molar-refractivity contribution in [2.24, 2.45) is 0 Å². The van der Waals surface area contributed by atoms with E-state index in [9.17, 15) is 27.9 Å². The maximum absolute atomic E-state index is 12.9. The predicted octanol–water partition coefficient (Wildman–Crippen LogP) is 6.64. The molecule has 208 valence electrons. The molecule has 39 heavy (non-hydrogen) atoms. The smallest absolute Gasteiger partial charge is 0.416 e. The van der Waals surface area contributed by atoms with Crippen molar-refractivity contribution >= 4 is 11.9 Å². The second-order valence-corrected chi connectivity index (χ2v) is 9.24. The van der Waals surface area contributed by atoms with Crippen LogP contribution in [0.4, 0.5) is 13.2 Å². The first kappa shape index (κ1) is 29.7. The van der Waals surface area contributed by atoms with Gasteiger partial charge in [0, 0.05) is 5.56 Å². The minimum Gasteiger partial charge on any atom is -0.486 e. The molecule has 0 aliphatic carbocycles. The molecular weight excluding hydrogens is 511 g/mol. The number of halogens is 3. The number of rotatable bonds is 13. The lowest BCUT2D eigenvalue weighted by Gasteiger charge is -2.20. The number of carbonyl (C=O) groups excluding carboxylic acids is 1. The molecule has 0 aromatic heterocycles. The number of aliphatic carboxylic acids is 1. The van der Waals surface area contributed by atoms with Crippen molar-refractivity contribution in [2.75, 3.05) is 6.54 Å². The number of aliphatic hydroxyl groups excluding tert-OH is 1. The van der Waals surface area contributed by atoms with Crippen LogP contribution in [0.5, 0.6) is 5.75 Å². The summed E-state index contributed by atoms with van der Waals surface area (Å²) < 4.78 is 44.9. The molecule has 3 N–H and O–H groups in total. The number of benzene rings is 3. The third-order valence-electron chi connectivity index (χ3n) is 6.28. The number of nitrogens with one attached hydrogen (secondary N) is 1. The third kappa shape index (κ3) is 8.85. The molecule has 2 unspecified atom stereocenters. The van der Waals surface area contributed by atoms with E-state index in [1.807, 2.05) is 0 Å². The molecule has 0 radical (unpaired) electrons. The van der Waals surface area contributed by atoms with E-state index in [4.69, 9.17) is 9.84 Å². The lowest BCUT2D eigenvalue weighted by Crippen LogP contribution is -2.36. The first-order valence-electron chi connectivity index (χ1n) is 12.8. The van der Waals surface area contributed by atoms with Gasteiger partial charge in [0.15, 0.2) is 6.10 Å². The molecule has 6 nitrogen and oxygen atoms in total. The fourth-order valence-electron chi connectivity index (χ4n) is 4.02. The van der Waals surface area contributed by atoms with Crippen LogP contribution in [0, 0.1) is 0 Å². The second kappa shape index (κ2) is 13.8. The monoisotopic (exact) mass is 543 g/mol. The summed E-state index contributed by atoms with van der Waals surface area (Å²) >= 11 is 0. The van der Waals surface area contributed by atoms with E-state index in [0.29, 0.717) is 16.9 Å². The Morgan fingerprint density at radius 3 is 2.00 bits per heavy atom. The number of aliphatic hydroxyl groups is 1. The Morgan fingerprint density at radius 2 is 1.46 bits per heavy atom. The molecule has 0 spiro atoms. The molecule has 0 saturated heterocycles. The Balaban J connectivity index is 1.70. The molecule has 2 atom stereocenters. The molecule has 9 heteroatoms. The van der Waals surface area contributed by atoms with Gasteiger partial charge in [-0.25, -0.2) is 4.79 Å². The number of carboxylic acid groups (broad SMARTS) is 1. The average molecular weight is 544 g/mol. The highest BCUT2D eigenvalue weighted by atomic mass is 19.4. The molecule has 3 rings (SSSR count). The minimum absolute atomic E-state index is 0.287. The molecule has 0 saturated carbocycles. The standard InChI is InChI=1S/C30H32F3NO5/c1-2-3-4-5-6-27(22-7-9-23(10-8-22)28(36)34-19-26(35)29(37)38)39-25-17-13-21(14-18-25)20-11-15-24(16-12-20)30(31,32)33/h7-18,26-27,35H,2-6,19H2,1H3,(H,34,36)(H,37,38). The highest BCUT2D eigenvalue weighted by molar-refractivity contribution is 5.94. The SMILES string of the molecule is CCCCCCC(Oc1ccc(-c2ccc(C(F)(F)F)cc2)cc1)c1ccc(C(=O)NCC(O)C(=O)O)cc1. The largest absolute Gasteiger partial charge is 0.486 e. The Morgan fingerprint density at radius 1 is 0.872 bits per heavy atom. The summed E-state index contributed by atoms with van der Waals surface area (Å²) in [5.41, 5.74) is 1.91. The van der Waals surface area contributed by atoms with E-state index in [-0.39, 0.29) is 6.10 Å². The van der Waals surface area contributed by atoms with Crippen molar-refractivity contribution in [3.8, 4) is 16.9 Å². The van der Waals surface area contributed by atoms with Crippen LogP contribution < -0.4 is 10.1 Å². The normalized spacial score (nSPS) is 12.9. The quantitative estimate of drug-likeness (QED) is 0.210. The summed E-state index contributed by atoms with van der Waals surface area (Å²) in [7, 11) is 0. The first-order valence-corrected chi connectivity index (χ1v) is 12.8. The highest BCUT2D eigenvalue weighted by Gasteiger charge is 2.30. The number of carboxylic acids is 1. The molecule has 0 bridgehead atoms. The van der Waals surface area contributed by atoms with Gasteiger partial charge in [0.05, 0.1) is 12.1 Å². The number of carbonyl (C=O) groups is 2. The zero-order chi connectivity index (χ0) is 28.4. The van der Waals surface area contributed by atoms with Gasteiger partial charge in [0.1, 0.15) is 11.9 Å². The van der Waals surface area contributed by atoms with Crippen LogP contribution in [0.1, 0.15) is 66.6 Å². The third-order valence-corrected chi connectivity index (χ3v) is 6.28. The summed E-state index contributed by atoms with van der Waals surface area (Å²) in [6.45, 7) is 1.73. The van der Waals surface area contributed by atoms with Crippen LogP contribution in [0.15, 0.2) is 72.8 Å². The molecule has 3 aromatic carbocycles. The van der Waals surface area contributed by atoms with Crippen molar-refractivity contribution in [2.45, 2.75) is 57.4 Å². The van der Waals surface area contributed by atoms with E-state index < -0.39 is 36.3 Å². The lowest BCUT2D eigenvalue weighted by molar-refractivity contribution is -0.146. The van der Waals surface area contributed by atoms with Crippen LogP contribution in [-0.4, -0.2) is 34.7 Å². The van der Waals surface area contributed by atoms with Gasteiger partial charge in [-0.05, 0) is 65.9 Å². The number of alkyl halides is 3. The van der Waals surface area contributed by atoms with E-state index in [1.165, 1.54) is 12.1 Å². The van der Waals surface area contributed by atoms with Crippen molar-refractivity contribution < 1.29 is 37.7 Å². The zero-order valence-corrected chi connectivity index (χ0v) is 21.6. The van der Waals surface area contributed by atoms with Crippen LogP contribution in [-0.2, 0) is 11.0 Å². The van der Waals surface area contributed by atoms with Crippen molar-refractivity contribution in [3.05, 3.63) is 89.5 Å².